The third-order valence-corrected chi connectivity index (χ3v) is 4.97. The van der Waals surface area contributed by atoms with E-state index in [2.05, 4.69) is 48.6 Å². The standard InChI is InChI=1S/C23H23N3O/c1-4-14-25(17(3)27)23-21(19-11-7-5-9-16(19)2)24-22-20-12-8-6-10-18(20)13-15-26(22)23/h5-13,15H,4,14H2,1-3H3. The molecule has 0 unspecified atom stereocenters. The highest BCUT2D eigenvalue weighted by Crippen LogP contribution is 2.35. The van der Waals surface area contributed by atoms with Gasteiger partial charge in [-0.3, -0.25) is 14.1 Å². The van der Waals surface area contributed by atoms with Gasteiger partial charge < -0.3 is 0 Å². The molecule has 0 aliphatic heterocycles. The molecule has 2 heterocycles. The first-order valence-electron chi connectivity index (χ1n) is 9.35. The smallest absolute Gasteiger partial charge is 0.225 e. The first-order chi connectivity index (χ1) is 13.1. The molecule has 0 radical (unpaired) electrons. The van der Waals surface area contributed by atoms with Crippen molar-refractivity contribution in [3.8, 4) is 11.3 Å². The number of anilines is 1. The van der Waals surface area contributed by atoms with E-state index in [1.54, 1.807) is 6.92 Å². The number of carbonyl (C=O) groups is 1. The Kier molecular flexibility index (Phi) is 4.40. The van der Waals surface area contributed by atoms with Gasteiger partial charge in [-0.25, -0.2) is 4.98 Å². The van der Waals surface area contributed by atoms with Crippen molar-refractivity contribution in [2.75, 3.05) is 11.4 Å². The maximum Gasteiger partial charge on any atom is 0.225 e. The van der Waals surface area contributed by atoms with Gasteiger partial charge in [0.1, 0.15) is 17.2 Å². The Morgan fingerprint density at radius 3 is 2.56 bits per heavy atom. The van der Waals surface area contributed by atoms with Crippen LogP contribution in [0.25, 0.3) is 27.7 Å². The lowest BCUT2D eigenvalue weighted by atomic mass is 10.1. The molecule has 1 amide bonds. The molecule has 27 heavy (non-hydrogen) atoms. The van der Waals surface area contributed by atoms with Crippen LogP contribution in [-0.2, 0) is 4.79 Å². The molecule has 4 rings (SSSR count). The Hall–Kier alpha value is -3.14. The SMILES string of the molecule is CCCN(C(C)=O)c1c(-c2ccccc2C)nc2c3ccccc3ccn12. The average molecular weight is 357 g/mol. The number of imidazole rings is 1. The first-order valence-corrected chi connectivity index (χ1v) is 9.35. The van der Waals surface area contributed by atoms with Crippen LogP contribution >= 0.6 is 0 Å². The Labute approximate surface area is 159 Å². The summed E-state index contributed by atoms with van der Waals surface area (Å²) in [7, 11) is 0. The highest BCUT2D eigenvalue weighted by Gasteiger charge is 2.23. The topological polar surface area (TPSA) is 37.6 Å². The minimum Gasteiger partial charge on any atom is -0.296 e. The van der Waals surface area contributed by atoms with Crippen molar-refractivity contribution in [1.29, 1.82) is 0 Å². The van der Waals surface area contributed by atoms with Crippen molar-refractivity contribution in [3.05, 3.63) is 66.4 Å². The van der Waals surface area contributed by atoms with Crippen LogP contribution in [0.15, 0.2) is 60.8 Å². The highest BCUT2D eigenvalue weighted by atomic mass is 16.2. The van der Waals surface area contributed by atoms with Crippen molar-refractivity contribution in [2.24, 2.45) is 0 Å². The Bertz CT molecular complexity index is 1140. The lowest BCUT2D eigenvalue weighted by Gasteiger charge is -2.22. The number of nitrogens with zero attached hydrogens (tertiary/aromatic N) is 3. The lowest BCUT2D eigenvalue weighted by Crippen LogP contribution is -2.30. The minimum atomic E-state index is 0.0293. The fraction of sp³-hybridized carbons (Fsp3) is 0.217. The summed E-state index contributed by atoms with van der Waals surface area (Å²) >= 11 is 0. The zero-order valence-corrected chi connectivity index (χ0v) is 15.9. The lowest BCUT2D eigenvalue weighted by molar-refractivity contribution is -0.116. The second-order valence-electron chi connectivity index (χ2n) is 6.87. The second-order valence-corrected chi connectivity index (χ2v) is 6.87. The van der Waals surface area contributed by atoms with E-state index >= 15 is 0 Å². The Morgan fingerprint density at radius 2 is 1.81 bits per heavy atom. The second kappa shape index (κ2) is 6.88. The number of aromatic nitrogens is 2. The van der Waals surface area contributed by atoms with E-state index in [1.165, 1.54) is 0 Å². The van der Waals surface area contributed by atoms with Gasteiger partial charge in [0.25, 0.3) is 0 Å². The zero-order valence-electron chi connectivity index (χ0n) is 15.9. The minimum absolute atomic E-state index is 0.0293. The van der Waals surface area contributed by atoms with Crippen LogP contribution in [0.2, 0.25) is 0 Å². The molecule has 4 heteroatoms. The van der Waals surface area contributed by atoms with Gasteiger partial charge in [0.2, 0.25) is 5.91 Å². The number of benzene rings is 2. The molecule has 0 aliphatic carbocycles. The highest BCUT2D eigenvalue weighted by molar-refractivity contribution is 6.00. The number of pyridine rings is 1. The third kappa shape index (κ3) is 2.87. The zero-order chi connectivity index (χ0) is 19.0. The summed E-state index contributed by atoms with van der Waals surface area (Å²) in [4.78, 5) is 19.4. The van der Waals surface area contributed by atoms with E-state index in [4.69, 9.17) is 4.98 Å². The van der Waals surface area contributed by atoms with Gasteiger partial charge in [-0.1, -0.05) is 55.5 Å². The quantitative estimate of drug-likeness (QED) is 0.502. The van der Waals surface area contributed by atoms with Crippen molar-refractivity contribution in [1.82, 2.24) is 9.38 Å². The van der Waals surface area contributed by atoms with Gasteiger partial charge in [0, 0.05) is 30.6 Å². The van der Waals surface area contributed by atoms with Crippen LogP contribution < -0.4 is 4.90 Å². The van der Waals surface area contributed by atoms with E-state index in [0.29, 0.717) is 6.54 Å². The molecule has 0 fully saturated rings. The predicted molar refractivity (Wildman–Crippen MR) is 111 cm³/mol. The van der Waals surface area contributed by atoms with Gasteiger partial charge in [-0.05, 0) is 30.4 Å². The molecule has 0 aliphatic rings. The first kappa shape index (κ1) is 17.3. The van der Waals surface area contributed by atoms with Crippen LogP contribution in [0, 0.1) is 6.92 Å². The summed E-state index contributed by atoms with van der Waals surface area (Å²) in [6, 6.07) is 18.5. The molecule has 0 spiro atoms. The Morgan fingerprint density at radius 1 is 1.07 bits per heavy atom. The summed E-state index contributed by atoms with van der Waals surface area (Å²) in [6.07, 6.45) is 2.90. The number of carbonyl (C=O) groups excluding carboxylic acids is 1. The van der Waals surface area contributed by atoms with Crippen LogP contribution in [0.4, 0.5) is 5.82 Å². The van der Waals surface area contributed by atoms with Gasteiger partial charge in [-0.2, -0.15) is 0 Å². The largest absolute Gasteiger partial charge is 0.296 e. The van der Waals surface area contributed by atoms with E-state index < -0.39 is 0 Å². The number of fused-ring (bicyclic) bond motifs is 3. The molecule has 136 valence electrons. The maximum absolute atomic E-state index is 12.5. The van der Waals surface area contributed by atoms with E-state index in [-0.39, 0.29) is 5.91 Å². The maximum atomic E-state index is 12.5. The van der Waals surface area contributed by atoms with E-state index in [0.717, 1.165) is 45.5 Å². The van der Waals surface area contributed by atoms with E-state index in [1.807, 2.05) is 35.4 Å². The molecule has 0 bridgehead atoms. The normalized spacial score (nSPS) is 11.2. The predicted octanol–water partition coefficient (Wildman–Crippen LogP) is 5.23. The summed E-state index contributed by atoms with van der Waals surface area (Å²) < 4.78 is 2.06. The molecular formula is C23H23N3O. The van der Waals surface area contributed by atoms with Gasteiger partial charge >= 0.3 is 0 Å². The molecule has 0 atom stereocenters. The monoisotopic (exact) mass is 357 g/mol. The molecule has 4 nitrogen and oxygen atoms in total. The molecule has 0 N–H and O–H groups in total. The van der Waals surface area contributed by atoms with Gasteiger partial charge in [-0.15, -0.1) is 0 Å². The number of hydrogen-bond donors (Lipinski definition) is 0. The van der Waals surface area contributed by atoms with E-state index in [9.17, 15) is 4.79 Å². The molecule has 0 saturated carbocycles. The molecule has 4 aromatic rings. The van der Waals surface area contributed by atoms with Crippen molar-refractivity contribution < 1.29 is 4.79 Å². The summed E-state index contributed by atoms with van der Waals surface area (Å²) in [6.45, 7) is 6.45. The van der Waals surface area contributed by atoms with Gasteiger partial charge in [0.05, 0.1) is 0 Å². The van der Waals surface area contributed by atoms with Gasteiger partial charge in [0.15, 0.2) is 0 Å². The molecular weight excluding hydrogens is 334 g/mol. The van der Waals surface area contributed by atoms with Crippen LogP contribution in [0.3, 0.4) is 0 Å². The third-order valence-electron chi connectivity index (χ3n) is 4.97. The van der Waals surface area contributed by atoms with Crippen LogP contribution in [0.5, 0.6) is 0 Å². The number of aryl methyl sites for hydroxylation is 1. The van der Waals surface area contributed by atoms with Crippen molar-refractivity contribution in [3.63, 3.8) is 0 Å². The fourth-order valence-corrected chi connectivity index (χ4v) is 3.67. The summed E-state index contributed by atoms with van der Waals surface area (Å²) in [5.74, 6) is 0.876. The number of rotatable bonds is 4. The van der Waals surface area contributed by atoms with Crippen LogP contribution in [-0.4, -0.2) is 21.8 Å². The Balaban J connectivity index is 2.11. The molecule has 0 saturated heterocycles. The molecule has 2 aromatic heterocycles. The summed E-state index contributed by atoms with van der Waals surface area (Å²) in [5.41, 5.74) is 3.94. The fourth-order valence-electron chi connectivity index (χ4n) is 3.67. The number of hydrogen-bond acceptors (Lipinski definition) is 2. The van der Waals surface area contributed by atoms with Crippen LogP contribution in [0.1, 0.15) is 25.8 Å². The van der Waals surface area contributed by atoms with Crippen molar-refractivity contribution >= 4 is 28.1 Å². The average Bonchev–Trinajstić information content (AvgIpc) is 3.05. The summed E-state index contributed by atoms with van der Waals surface area (Å²) in [5, 5.41) is 2.23. The molecule has 2 aromatic carbocycles. The van der Waals surface area contributed by atoms with Crippen molar-refractivity contribution in [2.45, 2.75) is 27.2 Å². The number of amides is 1.